The third kappa shape index (κ3) is 6.14. The molecule has 3 heteroatoms. The van der Waals surface area contributed by atoms with Gasteiger partial charge in [-0.1, -0.05) is 13.3 Å². The van der Waals surface area contributed by atoms with Crippen molar-refractivity contribution in [3.05, 3.63) is 0 Å². The number of rotatable bonds is 4. The summed E-state index contributed by atoms with van der Waals surface area (Å²) < 4.78 is 0. The summed E-state index contributed by atoms with van der Waals surface area (Å²) in [5, 5.41) is 2.41. The van der Waals surface area contributed by atoms with E-state index >= 15 is 0 Å². The molecule has 0 aliphatic rings. The predicted molar refractivity (Wildman–Crippen MR) is 29.7 cm³/mol. The Morgan fingerprint density at radius 3 is 2.86 bits per heavy atom. The van der Waals surface area contributed by atoms with Gasteiger partial charge in [0.05, 0.1) is 6.61 Å². The predicted octanol–water partition coefficient (Wildman–Crippen LogP) is 0.391. The molecular formula is C4H10NOSi. The zero-order valence-electron chi connectivity index (χ0n) is 4.53. The van der Waals surface area contributed by atoms with Crippen LogP contribution in [0.5, 0.6) is 0 Å². The van der Waals surface area contributed by atoms with Gasteiger partial charge in [0.2, 0.25) is 0 Å². The van der Waals surface area contributed by atoms with Crippen LogP contribution >= 0.6 is 0 Å². The van der Waals surface area contributed by atoms with Crippen molar-refractivity contribution in [3.63, 3.8) is 0 Å². The Balaban J connectivity index is 2.45. The van der Waals surface area contributed by atoms with E-state index in [9.17, 15) is 0 Å². The first kappa shape index (κ1) is 7.14. The van der Waals surface area contributed by atoms with Crippen molar-refractivity contribution in [2.75, 3.05) is 6.61 Å². The lowest BCUT2D eigenvalue weighted by Crippen LogP contribution is -2.09. The molecular weight excluding hydrogens is 106 g/mol. The fourth-order valence-corrected chi connectivity index (χ4v) is 0.370. The van der Waals surface area contributed by atoms with Gasteiger partial charge in [0, 0.05) is 0 Å². The van der Waals surface area contributed by atoms with E-state index in [0.717, 1.165) is 13.0 Å². The first-order valence-electron chi connectivity index (χ1n) is 2.45. The van der Waals surface area contributed by atoms with E-state index in [2.05, 4.69) is 22.5 Å². The first-order valence-corrected chi connectivity index (χ1v) is 2.95. The van der Waals surface area contributed by atoms with Gasteiger partial charge in [-0.05, 0) is 6.42 Å². The van der Waals surface area contributed by atoms with Gasteiger partial charge in [-0.2, -0.15) is 0 Å². The number of nitrogens with one attached hydrogen (secondary N) is 1. The minimum Gasteiger partial charge on any atom is -0.310 e. The van der Waals surface area contributed by atoms with E-state index in [0.29, 0.717) is 0 Å². The minimum absolute atomic E-state index is 0.778. The Morgan fingerprint density at radius 2 is 2.43 bits per heavy atom. The third-order valence-corrected chi connectivity index (χ3v) is 0.816. The van der Waals surface area contributed by atoms with Crippen molar-refractivity contribution < 1.29 is 4.84 Å². The zero-order chi connectivity index (χ0) is 5.54. The summed E-state index contributed by atoms with van der Waals surface area (Å²) in [6.07, 6.45) is 2.28. The molecule has 0 saturated carbocycles. The lowest BCUT2D eigenvalue weighted by Gasteiger charge is -1.95. The van der Waals surface area contributed by atoms with Gasteiger partial charge in [0.25, 0.3) is 0 Å². The Bertz CT molecular complexity index is 30.9. The maximum absolute atomic E-state index is 4.74. The maximum atomic E-state index is 4.74. The summed E-state index contributed by atoms with van der Waals surface area (Å²) >= 11 is 0. The standard InChI is InChI=1S/C4H10NOSi/c1-2-3-4-6-5-7/h5H,2-4H2,1H3. The van der Waals surface area contributed by atoms with Crippen LogP contribution in [0.3, 0.4) is 0 Å². The molecule has 0 saturated heterocycles. The molecule has 0 aromatic carbocycles. The molecule has 1 N–H and O–H groups in total. The van der Waals surface area contributed by atoms with Gasteiger partial charge >= 0.3 is 0 Å². The number of hydrogen-bond donors (Lipinski definition) is 1. The SMILES string of the molecule is CCCCON[Si]. The van der Waals surface area contributed by atoms with Gasteiger partial charge in [0.1, 0.15) is 0 Å². The second kappa shape index (κ2) is 6.14. The van der Waals surface area contributed by atoms with Crippen molar-refractivity contribution in [3.8, 4) is 0 Å². The zero-order valence-corrected chi connectivity index (χ0v) is 5.53. The van der Waals surface area contributed by atoms with Crippen LogP contribution < -0.4 is 5.15 Å². The molecule has 0 heterocycles. The van der Waals surface area contributed by atoms with Gasteiger partial charge < -0.3 is 4.84 Å². The van der Waals surface area contributed by atoms with E-state index in [4.69, 9.17) is 4.84 Å². The molecule has 0 aromatic heterocycles. The van der Waals surface area contributed by atoms with Crippen molar-refractivity contribution in [1.82, 2.24) is 5.15 Å². The molecule has 7 heavy (non-hydrogen) atoms. The van der Waals surface area contributed by atoms with E-state index in [-0.39, 0.29) is 0 Å². The van der Waals surface area contributed by atoms with E-state index in [1.54, 1.807) is 0 Å². The van der Waals surface area contributed by atoms with Crippen molar-refractivity contribution in [1.29, 1.82) is 0 Å². The molecule has 0 amide bonds. The third-order valence-electron chi connectivity index (χ3n) is 0.672. The van der Waals surface area contributed by atoms with Crippen LogP contribution in [-0.4, -0.2) is 17.0 Å². The molecule has 0 rings (SSSR count). The largest absolute Gasteiger partial charge is 0.310 e. The van der Waals surface area contributed by atoms with Crippen LogP contribution in [-0.2, 0) is 4.84 Å². The Morgan fingerprint density at radius 1 is 1.71 bits per heavy atom. The Labute approximate surface area is 47.7 Å². The average Bonchev–Trinajstić information content (AvgIpc) is 1.69. The monoisotopic (exact) mass is 116 g/mol. The summed E-state index contributed by atoms with van der Waals surface area (Å²) in [5.41, 5.74) is 0. The highest BCUT2D eigenvalue weighted by atomic mass is 28.2. The molecule has 0 unspecified atom stereocenters. The van der Waals surface area contributed by atoms with Crippen LogP contribution in [0.4, 0.5) is 0 Å². The van der Waals surface area contributed by atoms with Gasteiger partial charge in [0.15, 0.2) is 10.4 Å². The van der Waals surface area contributed by atoms with Gasteiger partial charge in [-0.3, -0.25) is 0 Å². The molecule has 0 aliphatic carbocycles. The van der Waals surface area contributed by atoms with E-state index in [1.165, 1.54) is 6.42 Å². The lowest BCUT2D eigenvalue weighted by atomic mass is 10.4. The minimum atomic E-state index is 0.778. The highest BCUT2D eigenvalue weighted by molar-refractivity contribution is 6.03. The van der Waals surface area contributed by atoms with Crippen LogP contribution in [0.15, 0.2) is 0 Å². The Hall–Kier alpha value is 0.137. The topological polar surface area (TPSA) is 21.3 Å². The first-order chi connectivity index (χ1) is 3.41. The van der Waals surface area contributed by atoms with E-state index < -0.39 is 0 Å². The fraction of sp³-hybridized carbons (Fsp3) is 1.00. The quantitative estimate of drug-likeness (QED) is 0.326. The molecule has 41 valence electrons. The van der Waals surface area contributed by atoms with Crippen molar-refractivity contribution >= 4 is 10.4 Å². The summed E-state index contributed by atoms with van der Waals surface area (Å²) in [5.74, 6) is 0. The summed E-state index contributed by atoms with van der Waals surface area (Å²) in [7, 11) is 2.95. The fourth-order valence-electron chi connectivity index (χ4n) is 0.268. The molecule has 2 nitrogen and oxygen atoms in total. The van der Waals surface area contributed by atoms with Crippen molar-refractivity contribution in [2.24, 2.45) is 0 Å². The molecule has 0 aliphatic heterocycles. The molecule has 0 atom stereocenters. The molecule has 0 bridgehead atoms. The van der Waals surface area contributed by atoms with Gasteiger partial charge in [-0.15, -0.1) is 0 Å². The normalized spacial score (nSPS) is 9.43. The summed E-state index contributed by atoms with van der Waals surface area (Å²) in [6, 6.07) is 0. The van der Waals surface area contributed by atoms with Crippen molar-refractivity contribution in [2.45, 2.75) is 19.8 Å². The summed E-state index contributed by atoms with van der Waals surface area (Å²) in [6.45, 7) is 2.90. The van der Waals surface area contributed by atoms with E-state index in [1.807, 2.05) is 0 Å². The molecule has 0 spiro atoms. The molecule has 0 fully saturated rings. The number of hydrogen-bond acceptors (Lipinski definition) is 2. The summed E-state index contributed by atoms with van der Waals surface area (Å²) in [4.78, 5) is 4.74. The molecule has 3 radical (unpaired) electrons. The second-order valence-corrected chi connectivity index (χ2v) is 1.51. The number of unbranched alkanes of at least 4 members (excludes halogenated alkanes) is 1. The highest BCUT2D eigenvalue weighted by Gasteiger charge is 1.78. The van der Waals surface area contributed by atoms with Crippen LogP contribution in [0.25, 0.3) is 0 Å². The lowest BCUT2D eigenvalue weighted by molar-refractivity contribution is 0.0926. The smallest absolute Gasteiger partial charge is 0.179 e. The average molecular weight is 116 g/mol. The van der Waals surface area contributed by atoms with Crippen LogP contribution in [0.2, 0.25) is 0 Å². The van der Waals surface area contributed by atoms with Crippen LogP contribution in [0, 0.1) is 0 Å². The highest BCUT2D eigenvalue weighted by Crippen LogP contribution is 1.83. The Kier molecular flexibility index (Phi) is 6.26. The molecule has 0 aromatic rings. The van der Waals surface area contributed by atoms with Crippen LogP contribution in [0.1, 0.15) is 19.8 Å². The van der Waals surface area contributed by atoms with Gasteiger partial charge in [-0.25, -0.2) is 5.15 Å². The second-order valence-electron chi connectivity index (χ2n) is 1.30. The maximum Gasteiger partial charge on any atom is 0.179 e.